The maximum Gasteiger partial charge on any atom is 0.220 e. The van der Waals surface area contributed by atoms with Gasteiger partial charge in [-0.1, -0.05) is 230 Å². The Morgan fingerprint density at radius 3 is 1.18 bits per heavy atom. The summed E-state index contributed by atoms with van der Waals surface area (Å²) in [5, 5.41) is 120. The Bertz CT molecular complexity index is 1690. The molecule has 0 aromatic rings. The predicted molar refractivity (Wildman–Crippen MR) is 328 cm³/mol. The summed E-state index contributed by atoms with van der Waals surface area (Å²) in [5.74, 6) is -0.286. The number of amides is 1. The van der Waals surface area contributed by atoms with Crippen molar-refractivity contribution in [2.75, 3.05) is 26.4 Å². The first kappa shape index (κ1) is 77.3. The van der Waals surface area contributed by atoms with Crippen molar-refractivity contribution < 1.29 is 89.4 Å². The van der Waals surface area contributed by atoms with Gasteiger partial charge in [0, 0.05) is 6.42 Å². The van der Waals surface area contributed by atoms with Crippen LogP contribution in [0.5, 0.6) is 0 Å². The van der Waals surface area contributed by atoms with Crippen LogP contribution < -0.4 is 5.32 Å². The van der Waals surface area contributed by atoms with Gasteiger partial charge in [-0.25, -0.2) is 0 Å². The van der Waals surface area contributed by atoms with Crippen molar-refractivity contribution >= 4 is 5.91 Å². The van der Waals surface area contributed by atoms with E-state index in [1.54, 1.807) is 6.08 Å². The number of aliphatic hydroxyl groups is 11. The molecule has 0 aromatic heterocycles. The van der Waals surface area contributed by atoms with Gasteiger partial charge in [-0.05, 0) is 44.9 Å². The molecule has 1 amide bonds. The molecule has 17 atom stereocenters. The van der Waals surface area contributed by atoms with Gasteiger partial charge in [0.25, 0.3) is 0 Å². The molecular weight excluding hydrogens is 1090 g/mol. The van der Waals surface area contributed by atoms with Crippen molar-refractivity contribution in [1.82, 2.24) is 5.32 Å². The number of carbonyl (C=O) groups excluding carboxylic acids is 1. The van der Waals surface area contributed by atoms with Crippen molar-refractivity contribution in [3.8, 4) is 0 Å². The van der Waals surface area contributed by atoms with Gasteiger partial charge >= 0.3 is 0 Å². The van der Waals surface area contributed by atoms with Crippen LogP contribution in [-0.4, -0.2) is 193 Å². The van der Waals surface area contributed by atoms with E-state index in [4.69, 9.17) is 28.4 Å². The minimum absolute atomic E-state index is 0.236. The highest BCUT2D eigenvalue weighted by Crippen LogP contribution is 2.33. The topological polar surface area (TPSA) is 307 Å². The van der Waals surface area contributed by atoms with Gasteiger partial charge in [-0.15, -0.1) is 0 Å². The van der Waals surface area contributed by atoms with E-state index in [1.807, 2.05) is 6.08 Å². The quantitative estimate of drug-likeness (QED) is 0.0202. The number of hydrogen-bond donors (Lipinski definition) is 12. The highest BCUT2D eigenvalue weighted by Gasteiger charge is 2.53. The molecule has 0 spiro atoms. The lowest BCUT2D eigenvalue weighted by molar-refractivity contribution is -0.379. The molecule has 19 heteroatoms. The zero-order valence-electron chi connectivity index (χ0n) is 52.3. The Morgan fingerprint density at radius 2 is 0.753 bits per heavy atom. The summed E-state index contributed by atoms with van der Waals surface area (Å²) in [7, 11) is 0. The van der Waals surface area contributed by atoms with Crippen LogP contribution in [0, 0.1) is 0 Å². The number of aliphatic hydroxyl groups excluding tert-OH is 11. The number of allylic oxidation sites excluding steroid dienone is 5. The van der Waals surface area contributed by atoms with Crippen molar-refractivity contribution in [2.24, 2.45) is 0 Å². The van der Waals surface area contributed by atoms with E-state index < -0.39 is 124 Å². The van der Waals surface area contributed by atoms with Crippen LogP contribution >= 0.6 is 0 Å². The van der Waals surface area contributed by atoms with E-state index >= 15 is 0 Å². The zero-order chi connectivity index (χ0) is 61.9. The second-order valence-electron chi connectivity index (χ2n) is 24.3. The Kier molecular flexibility index (Phi) is 44.4. The van der Waals surface area contributed by atoms with Crippen LogP contribution in [0.4, 0.5) is 0 Å². The van der Waals surface area contributed by atoms with Gasteiger partial charge in [0.15, 0.2) is 18.9 Å². The number of ether oxygens (including phenoxy) is 6. The van der Waals surface area contributed by atoms with E-state index in [9.17, 15) is 61.0 Å². The minimum Gasteiger partial charge on any atom is -0.394 e. The molecule has 3 aliphatic rings. The van der Waals surface area contributed by atoms with E-state index in [0.29, 0.717) is 12.8 Å². The van der Waals surface area contributed by atoms with E-state index in [0.717, 1.165) is 44.9 Å². The summed E-state index contributed by atoms with van der Waals surface area (Å²) in [6.45, 7) is 1.72. The van der Waals surface area contributed by atoms with Crippen LogP contribution in [0.15, 0.2) is 36.5 Å². The Hall–Kier alpha value is -1.99. The average molecular weight is 1220 g/mol. The molecule has 0 bridgehead atoms. The normalized spacial score (nSPS) is 29.2. The molecule has 17 unspecified atom stereocenters. The van der Waals surface area contributed by atoms with Gasteiger partial charge < -0.3 is 89.9 Å². The van der Waals surface area contributed by atoms with Gasteiger partial charge in [-0.2, -0.15) is 0 Å². The number of hydrogen-bond acceptors (Lipinski definition) is 18. The fourth-order valence-corrected chi connectivity index (χ4v) is 11.4. The van der Waals surface area contributed by atoms with Crippen LogP contribution in [-0.2, 0) is 33.2 Å². The summed E-state index contributed by atoms with van der Waals surface area (Å²) >= 11 is 0. The molecule has 3 fully saturated rings. The highest BCUT2D eigenvalue weighted by atomic mass is 16.8. The summed E-state index contributed by atoms with van der Waals surface area (Å²) in [5.41, 5.74) is 0. The molecule has 3 saturated heterocycles. The predicted octanol–water partition coefficient (Wildman–Crippen LogP) is 8.05. The SMILES string of the molecule is CCCCCCCCCC/C=C/CC/C=C/CC/C=C/C(O)C(COC1OC(CO)C(OC2OC(CO)C(OC3OC(CO)C(O)C(O)C3O)C(O)C2O)C(O)C1O)NC(=O)CCCCCCCCCCCCCCCCCCCCCCCC. The molecule has 3 heterocycles. The summed E-state index contributed by atoms with van der Waals surface area (Å²) in [6, 6.07) is -0.994. The largest absolute Gasteiger partial charge is 0.394 e. The first-order chi connectivity index (χ1) is 41.3. The molecule has 498 valence electrons. The number of nitrogens with one attached hydrogen (secondary N) is 1. The van der Waals surface area contributed by atoms with Crippen LogP contribution in [0.3, 0.4) is 0 Å². The third kappa shape index (κ3) is 31.5. The van der Waals surface area contributed by atoms with Crippen LogP contribution in [0.1, 0.15) is 245 Å². The van der Waals surface area contributed by atoms with Crippen LogP contribution in [0.25, 0.3) is 0 Å². The Morgan fingerprint density at radius 1 is 0.412 bits per heavy atom. The molecule has 3 rings (SSSR count). The van der Waals surface area contributed by atoms with Crippen molar-refractivity contribution in [3.63, 3.8) is 0 Å². The van der Waals surface area contributed by atoms with Gasteiger partial charge in [0.05, 0.1) is 38.6 Å². The Balaban J connectivity index is 1.47. The highest BCUT2D eigenvalue weighted by molar-refractivity contribution is 5.76. The standard InChI is InChI=1S/C66H121NO18/c1-3-5-7-9-11-13-15-17-19-21-23-24-25-26-28-30-32-34-36-38-40-42-44-54(72)67-49(50(71)43-41-39-37-35-33-31-29-27-22-20-18-16-14-12-10-8-6-4-2)48-80-64-60(78)57(75)62(52(46-69)82-64)85-66-61(79)58(76)63(53(47-70)83-66)84-65-59(77)56(74)55(73)51(45-68)81-65/h22,27,33,35,41,43,49-53,55-66,68-71,73-79H,3-21,23-26,28-32,34,36-40,42,44-48H2,1-2H3,(H,67,72)/b27-22+,35-33+,43-41+. The molecule has 19 nitrogen and oxygen atoms in total. The monoisotopic (exact) mass is 1220 g/mol. The van der Waals surface area contributed by atoms with Crippen LogP contribution in [0.2, 0.25) is 0 Å². The summed E-state index contributed by atoms with van der Waals surface area (Å²) in [6.07, 6.45) is 28.4. The molecule has 0 saturated carbocycles. The van der Waals surface area contributed by atoms with Gasteiger partial charge in [0.2, 0.25) is 5.91 Å². The van der Waals surface area contributed by atoms with E-state index in [2.05, 4.69) is 43.5 Å². The molecular formula is C66H121NO18. The lowest BCUT2D eigenvalue weighted by Crippen LogP contribution is -2.66. The van der Waals surface area contributed by atoms with E-state index in [1.165, 1.54) is 167 Å². The Labute approximate surface area is 511 Å². The zero-order valence-corrected chi connectivity index (χ0v) is 52.3. The average Bonchev–Trinajstić information content (AvgIpc) is 3.10. The van der Waals surface area contributed by atoms with Crippen molar-refractivity contribution in [1.29, 1.82) is 0 Å². The summed E-state index contributed by atoms with van der Waals surface area (Å²) in [4.78, 5) is 13.4. The lowest BCUT2D eigenvalue weighted by atomic mass is 9.96. The molecule has 0 radical (unpaired) electrons. The first-order valence-electron chi connectivity index (χ1n) is 33.7. The number of rotatable bonds is 51. The van der Waals surface area contributed by atoms with Crippen molar-refractivity contribution in [3.05, 3.63) is 36.5 Å². The molecule has 3 aliphatic heterocycles. The lowest BCUT2D eigenvalue weighted by Gasteiger charge is -2.48. The molecule has 0 aliphatic carbocycles. The smallest absolute Gasteiger partial charge is 0.220 e. The fraction of sp³-hybridized carbons (Fsp3) is 0.894. The van der Waals surface area contributed by atoms with Crippen molar-refractivity contribution in [2.45, 2.75) is 349 Å². The maximum absolute atomic E-state index is 13.4. The van der Waals surface area contributed by atoms with Gasteiger partial charge in [0.1, 0.15) is 73.2 Å². The molecule has 0 aromatic carbocycles. The second kappa shape index (κ2) is 48.8. The fourth-order valence-electron chi connectivity index (χ4n) is 11.4. The second-order valence-corrected chi connectivity index (χ2v) is 24.3. The van der Waals surface area contributed by atoms with E-state index in [-0.39, 0.29) is 18.9 Å². The third-order valence-electron chi connectivity index (χ3n) is 16.9. The number of unbranched alkanes of at least 4 members (excludes halogenated alkanes) is 31. The summed E-state index contributed by atoms with van der Waals surface area (Å²) < 4.78 is 34.3. The first-order valence-corrected chi connectivity index (χ1v) is 33.7. The molecule has 85 heavy (non-hydrogen) atoms. The minimum atomic E-state index is -1.98. The maximum atomic E-state index is 13.4. The number of carbonyl (C=O) groups is 1. The molecule has 12 N–H and O–H groups in total. The third-order valence-corrected chi connectivity index (χ3v) is 16.9. The van der Waals surface area contributed by atoms with Gasteiger partial charge in [-0.3, -0.25) is 4.79 Å².